The summed E-state index contributed by atoms with van der Waals surface area (Å²) in [5, 5.41) is 0.255. The van der Waals surface area contributed by atoms with Crippen LogP contribution in [0.15, 0.2) is 30.6 Å². The van der Waals surface area contributed by atoms with Gasteiger partial charge in [-0.25, -0.2) is 9.78 Å². The van der Waals surface area contributed by atoms with Crippen molar-refractivity contribution in [2.45, 2.75) is 24.6 Å². The number of benzene rings is 1. The average Bonchev–Trinajstić information content (AvgIpc) is 2.56. The molecule has 0 radical (unpaired) electrons. The van der Waals surface area contributed by atoms with Crippen LogP contribution < -0.4 is 0 Å². The maximum absolute atomic E-state index is 12.8. The van der Waals surface area contributed by atoms with E-state index in [9.17, 15) is 18.0 Å². The molecule has 0 spiro atoms. The van der Waals surface area contributed by atoms with Crippen LogP contribution in [-0.4, -0.2) is 22.5 Å². The number of aromatic nitrogens is 2. The Bertz CT molecular complexity index is 756. The van der Waals surface area contributed by atoms with Gasteiger partial charge in [0.05, 0.1) is 17.9 Å². The highest BCUT2D eigenvalue weighted by atomic mass is 35.5. The van der Waals surface area contributed by atoms with Gasteiger partial charge in [0.1, 0.15) is 0 Å². The third-order valence-electron chi connectivity index (χ3n) is 3.11. The van der Waals surface area contributed by atoms with Gasteiger partial charge in [-0.05, 0) is 30.7 Å². The molecule has 4 nitrogen and oxygen atoms in total. The Labute approximate surface area is 151 Å². The molecule has 0 aliphatic heterocycles. The summed E-state index contributed by atoms with van der Waals surface area (Å²) >= 11 is 7.25. The first-order valence-corrected chi connectivity index (χ1v) is 8.76. The minimum atomic E-state index is -4.42. The maximum atomic E-state index is 12.8. The molecule has 1 heterocycles. The molecule has 0 amide bonds. The number of esters is 1. The van der Waals surface area contributed by atoms with Gasteiger partial charge in [-0.1, -0.05) is 11.6 Å². The summed E-state index contributed by atoms with van der Waals surface area (Å²) in [6.07, 6.45) is -1.61. The fraction of sp³-hybridized carbons (Fsp3) is 0.312. The first-order chi connectivity index (χ1) is 11.8. The number of alkyl halides is 3. The number of hydrogen-bond donors (Lipinski definition) is 0. The number of carbonyl (C=O) groups excluding carboxylic acids is 1. The summed E-state index contributed by atoms with van der Waals surface area (Å²) in [5.41, 5.74) is 0.128. The zero-order valence-electron chi connectivity index (χ0n) is 13.1. The molecule has 25 heavy (non-hydrogen) atoms. The monoisotopic (exact) mass is 390 g/mol. The van der Waals surface area contributed by atoms with E-state index < -0.39 is 17.7 Å². The minimum Gasteiger partial charge on any atom is -0.461 e. The van der Waals surface area contributed by atoms with Crippen molar-refractivity contribution in [1.29, 1.82) is 0 Å². The van der Waals surface area contributed by atoms with Crippen LogP contribution in [0, 0.1) is 0 Å². The van der Waals surface area contributed by atoms with Gasteiger partial charge in [-0.15, -0.1) is 0 Å². The number of hydrogen-bond acceptors (Lipinski definition) is 5. The molecule has 1 aromatic carbocycles. The van der Waals surface area contributed by atoms with E-state index in [1.54, 1.807) is 6.92 Å². The van der Waals surface area contributed by atoms with E-state index in [1.807, 2.05) is 0 Å². The third-order valence-corrected chi connectivity index (χ3v) is 4.47. The van der Waals surface area contributed by atoms with Crippen LogP contribution in [0.4, 0.5) is 13.2 Å². The van der Waals surface area contributed by atoms with Gasteiger partial charge in [0.25, 0.3) is 0 Å². The van der Waals surface area contributed by atoms with E-state index in [4.69, 9.17) is 16.3 Å². The fourth-order valence-electron chi connectivity index (χ4n) is 1.96. The average molecular weight is 391 g/mol. The standard InChI is InChI=1S/C16H14ClF3N2O2S/c1-2-24-15(23)14-13(21-5-6-22-14)9-25-8-10-7-11(16(18,19)20)3-4-12(10)17/h3-7H,2,8-9H2,1H3. The topological polar surface area (TPSA) is 52.1 Å². The zero-order chi connectivity index (χ0) is 18.4. The first kappa shape index (κ1) is 19.5. The summed E-state index contributed by atoms with van der Waals surface area (Å²) in [6, 6.07) is 3.20. The molecule has 0 N–H and O–H groups in total. The van der Waals surface area contributed by atoms with Crippen molar-refractivity contribution in [2.24, 2.45) is 0 Å². The molecular formula is C16H14ClF3N2O2S. The quantitative estimate of drug-likeness (QED) is 0.666. The lowest BCUT2D eigenvalue weighted by molar-refractivity contribution is -0.137. The van der Waals surface area contributed by atoms with Crippen LogP contribution in [-0.2, 0) is 22.4 Å². The largest absolute Gasteiger partial charge is 0.461 e. The number of nitrogens with zero attached hydrogens (tertiary/aromatic N) is 2. The Balaban J connectivity index is 2.08. The van der Waals surface area contributed by atoms with E-state index in [2.05, 4.69) is 9.97 Å². The van der Waals surface area contributed by atoms with Gasteiger partial charge in [0, 0.05) is 28.9 Å². The van der Waals surface area contributed by atoms with Crippen LogP contribution in [0.2, 0.25) is 5.02 Å². The summed E-state index contributed by atoms with van der Waals surface area (Å²) < 4.78 is 43.3. The second-order valence-corrected chi connectivity index (χ2v) is 6.26. The molecule has 134 valence electrons. The molecule has 0 unspecified atom stereocenters. The predicted molar refractivity (Wildman–Crippen MR) is 89.4 cm³/mol. The van der Waals surface area contributed by atoms with E-state index in [0.717, 1.165) is 12.1 Å². The Hall–Kier alpha value is -1.80. The lowest BCUT2D eigenvalue weighted by atomic mass is 10.1. The van der Waals surface area contributed by atoms with Crippen molar-refractivity contribution in [3.8, 4) is 0 Å². The molecule has 2 aromatic rings. The molecule has 0 aliphatic rings. The summed E-state index contributed by atoms with van der Waals surface area (Å²) in [5.74, 6) is -0.0563. The van der Waals surface area contributed by atoms with Crippen molar-refractivity contribution in [1.82, 2.24) is 9.97 Å². The molecule has 2 rings (SSSR count). The van der Waals surface area contributed by atoms with Crippen molar-refractivity contribution >= 4 is 29.3 Å². The normalized spacial score (nSPS) is 11.4. The highest BCUT2D eigenvalue weighted by molar-refractivity contribution is 7.97. The van der Waals surface area contributed by atoms with Crippen LogP contribution in [0.5, 0.6) is 0 Å². The van der Waals surface area contributed by atoms with Gasteiger partial charge in [-0.2, -0.15) is 24.9 Å². The van der Waals surface area contributed by atoms with Gasteiger partial charge in [-0.3, -0.25) is 4.98 Å². The van der Waals surface area contributed by atoms with Crippen LogP contribution in [0.25, 0.3) is 0 Å². The fourth-order valence-corrected chi connectivity index (χ4v) is 3.19. The molecular weight excluding hydrogens is 377 g/mol. The summed E-state index contributed by atoms with van der Waals surface area (Å²) in [4.78, 5) is 19.9. The first-order valence-electron chi connectivity index (χ1n) is 7.23. The van der Waals surface area contributed by atoms with Gasteiger partial charge >= 0.3 is 12.1 Å². The van der Waals surface area contributed by atoms with Gasteiger partial charge in [0.2, 0.25) is 0 Å². The molecule has 0 saturated heterocycles. The Morgan fingerprint density at radius 2 is 1.96 bits per heavy atom. The second kappa shape index (κ2) is 8.53. The Kier molecular flexibility index (Phi) is 6.66. The number of ether oxygens (including phenoxy) is 1. The lowest BCUT2D eigenvalue weighted by Crippen LogP contribution is -2.11. The molecule has 1 aromatic heterocycles. The highest BCUT2D eigenvalue weighted by Crippen LogP contribution is 2.33. The smallest absolute Gasteiger partial charge is 0.416 e. The summed E-state index contributed by atoms with van der Waals surface area (Å²) in [7, 11) is 0. The summed E-state index contributed by atoms with van der Waals surface area (Å²) in [6.45, 7) is 1.89. The molecule has 0 atom stereocenters. The number of thioether (sulfide) groups is 1. The van der Waals surface area contributed by atoms with E-state index >= 15 is 0 Å². The van der Waals surface area contributed by atoms with Crippen molar-refractivity contribution in [3.63, 3.8) is 0 Å². The van der Waals surface area contributed by atoms with Crippen molar-refractivity contribution < 1.29 is 22.7 Å². The SMILES string of the molecule is CCOC(=O)c1nccnc1CSCc1cc(C(F)(F)F)ccc1Cl. The van der Waals surface area contributed by atoms with Crippen LogP contribution >= 0.6 is 23.4 Å². The van der Waals surface area contributed by atoms with Crippen LogP contribution in [0.1, 0.15) is 34.2 Å². The lowest BCUT2D eigenvalue weighted by Gasteiger charge is -2.11. The number of carbonyl (C=O) groups is 1. The van der Waals surface area contributed by atoms with E-state index in [-0.39, 0.29) is 28.8 Å². The highest BCUT2D eigenvalue weighted by Gasteiger charge is 2.30. The predicted octanol–water partition coefficient (Wildman–Crippen LogP) is 4.76. The molecule has 0 saturated carbocycles. The van der Waals surface area contributed by atoms with Crippen LogP contribution in [0.3, 0.4) is 0 Å². The Morgan fingerprint density at radius 1 is 1.24 bits per heavy atom. The van der Waals surface area contributed by atoms with Crippen molar-refractivity contribution in [3.05, 3.63) is 58.1 Å². The third kappa shape index (κ3) is 5.34. The zero-order valence-corrected chi connectivity index (χ0v) is 14.7. The van der Waals surface area contributed by atoms with Gasteiger partial charge in [0.15, 0.2) is 5.69 Å². The second-order valence-electron chi connectivity index (χ2n) is 4.87. The maximum Gasteiger partial charge on any atom is 0.416 e. The molecule has 0 bridgehead atoms. The molecule has 0 fully saturated rings. The van der Waals surface area contributed by atoms with Gasteiger partial charge < -0.3 is 4.74 Å². The van der Waals surface area contributed by atoms with E-state index in [0.29, 0.717) is 11.3 Å². The molecule has 0 aliphatic carbocycles. The number of halogens is 4. The van der Waals surface area contributed by atoms with E-state index in [1.165, 1.54) is 30.2 Å². The number of rotatable bonds is 6. The Morgan fingerprint density at radius 3 is 2.64 bits per heavy atom. The minimum absolute atomic E-state index is 0.104. The molecule has 9 heteroatoms. The van der Waals surface area contributed by atoms with Crippen molar-refractivity contribution in [2.75, 3.05) is 6.61 Å².